The number of hydrogen-bond donors (Lipinski definition) is 2. The molecule has 19 heavy (non-hydrogen) atoms. The summed E-state index contributed by atoms with van der Waals surface area (Å²) in [6.07, 6.45) is -5.08. The van der Waals surface area contributed by atoms with E-state index < -0.39 is 19.0 Å². The Morgan fingerprint density at radius 1 is 1.26 bits per heavy atom. The second-order valence-corrected chi connectivity index (χ2v) is 3.51. The molecule has 2 aromatic rings. The van der Waals surface area contributed by atoms with E-state index in [0.717, 1.165) is 5.39 Å². The minimum atomic E-state index is -5.08. The predicted octanol–water partition coefficient (Wildman–Crippen LogP) is 3.49. The van der Waals surface area contributed by atoms with E-state index in [4.69, 9.17) is 14.0 Å². The van der Waals surface area contributed by atoms with Crippen LogP contribution in [0.3, 0.4) is 0 Å². The maximum atomic E-state index is 10.6. The van der Waals surface area contributed by atoms with Gasteiger partial charge in [0.15, 0.2) is 0 Å². The Balaban J connectivity index is 0.000000295. The van der Waals surface area contributed by atoms with Gasteiger partial charge in [-0.15, -0.1) is 0 Å². The van der Waals surface area contributed by atoms with Crippen molar-refractivity contribution in [1.82, 2.24) is 0 Å². The summed E-state index contributed by atoms with van der Waals surface area (Å²) >= 11 is 0. The van der Waals surface area contributed by atoms with Crippen LogP contribution in [0.15, 0.2) is 36.4 Å². The smallest absolute Gasteiger partial charge is 0.490 e. The maximum Gasteiger partial charge on any atom is 0.490 e. The van der Waals surface area contributed by atoms with Gasteiger partial charge in [0, 0.05) is 4.11 Å². The molecule has 0 atom stereocenters. The topological polar surface area (TPSA) is 57.5 Å². The van der Waals surface area contributed by atoms with Gasteiger partial charge in [0.05, 0.1) is 0 Å². The minimum Gasteiger partial charge on any atom is -0.508 e. The molecule has 0 aliphatic carbocycles. The van der Waals surface area contributed by atoms with Gasteiger partial charge in [-0.25, -0.2) is 4.79 Å². The van der Waals surface area contributed by atoms with Crippen molar-refractivity contribution in [3.63, 3.8) is 0 Å². The third kappa shape index (κ3) is 4.17. The first kappa shape index (κ1) is 10.7. The third-order valence-corrected chi connectivity index (χ3v) is 2.11. The van der Waals surface area contributed by atoms with Crippen LogP contribution in [0.25, 0.3) is 10.8 Å². The number of hydrogen-bond acceptors (Lipinski definition) is 2. The Bertz CT molecular complexity index is 682. The largest absolute Gasteiger partial charge is 0.508 e. The Kier molecular flexibility index (Phi) is 3.14. The molecule has 2 aromatic carbocycles. The minimum absolute atomic E-state index is 0.144. The molecule has 6 heteroatoms. The Labute approximate surface area is 111 Å². The number of carbonyl (C=O) groups is 1. The first-order chi connectivity index (χ1) is 9.93. The average molecular weight is 275 g/mol. The van der Waals surface area contributed by atoms with Gasteiger partial charge >= 0.3 is 12.1 Å². The van der Waals surface area contributed by atoms with Gasteiger partial charge in [-0.05, 0) is 35.3 Å². The standard InChI is InChI=1S/C11H10O.C2HF3O2/c1-8-3-2-4-9-7-10(12)5-6-11(8)9;3-2(4,5)1(6)7/h2-7,12H,1H3;(H,6,7)/i1D3;. The number of carboxylic acids is 1. The number of fused-ring (bicyclic) bond motifs is 1. The normalized spacial score (nSPS) is 13.7. The fourth-order valence-electron chi connectivity index (χ4n) is 1.27. The highest BCUT2D eigenvalue weighted by Crippen LogP contribution is 2.22. The van der Waals surface area contributed by atoms with E-state index in [9.17, 15) is 18.3 Å². The van der Waals surface area contributed by atoms with Crippen molar-refractivity contribution < 1.29 is 32.3 Å². The molecule has 2 N–H and O–H groups in total. The van der Waals surface area contributed by atoms with E-state index in [2.05, 4.69) is 0 Å². The van der Waals surface area contributed by atoms with Crippen molar-refractivity contribution >= 4 is 16.7 Å². The molecule has 0 aromatic heterocycles. The van der Waals surface area contributed by atoms with Gasteiger partial charge in [-0.3, -0.25) is 0 Å². The Morgan fingerprint density at radius 2 is 1.89 bits per heavy atom. The summed E-state index contributed by atoms with van der Waals surface area (Å²) in [4.78, 5) is 8.90. The van der Waals surface area contributed by atoms with E-state index in [0.29, 0.717) is 10.9 Å². The zero-order chi connectivity index (χ0) is 17.1. The number of benzene rings is 2. The molecule has 102 valence electrons. The van der Waals surface area contributed by atoms with Gasteiger partial charge in [-0.1, -0.05) is 24.3 Å². The summed E-state index contributed by atoms with van der Waals surface area (Å²) in [5, 5.41) is 17.8. The van der Waals surface area contributed by atoms with Gasteiger partial charge in [0.2, 0.25) is 0 Å². The summed E-state index contributed by atoms with van der Waals surface area (Å²) in [6.45, 7) is -2.11. The molecule has 3 nitrogen and oxygen atoms in total. The van der Waals surface area contributed by atoms with Crippen LogP contribution in [-0.4, -0.2) is 22.4 Å². The number of phenolic OH excluding ortho intramolecular Hbond substituents is 1. The predicted molar refractivity (Wildman–Crippen MR) is 64.0 cm³/mol. The zero-order valence-electron chi connectivity index (χ0n) is 12.4. The summed E-state index contributed by atoms with van der Waals surface area (Å²) in [5.41, 5.74) is 0.319. The van der Waals surface area contributed by atoms with E-state index in [1.165, 1.54) is 6.07 Å². The number of aliphatic carboxylic acids is 1. The number of alkyl halides is 3. The quantitative estimate of drug-likeness (QED) is 0.773. The van der Waals surface area contributed by atoms with E-state index >= 15 is 0 Å². The van der Waals surface area contributed by atoms with Crippen LogP contribution in [0.4, 0.5) is 13.2 Å². The van der Waals surface area contributed by atoms with Crippen molar-refractivity contribution in [3.8, 4) is 5.75 Å². The molecule has 0 radical (unpaired) electrons. The molecule has 2 rings (SSSR count). The summed E-state index contributed by atoms with van der Waals surface area (Å²) in [7, 11) is 0. The van der Waals surface area contributed by atoms with Gasteiger partial charge in [0.1, 0.15) is 5.75 Å². The summed E-state index contributed by atoms with van der Waals surface area (Å²) in [5.74, 6) is -2.61. The zero-order valence-corrected chi connectivity index (χ0v) is 9.40. The lowest BCUT2D eigenvalue weighted by molar-refractivity contribution is -0.192. The monoisotopic (exact) mass is 275 g/mol. The first-order valence-electron chi connectivity index (χ1n) is 6.45. The second-order valence-electron chi connectivity index (χ2n) is 3.51. The van der Waals surface area contributed by atoms with E-state index in [-0.39, 0.29) is 5.75 Å². The van der Waals surface area contributed by atoms with Gasteiger partial charge in [0.25, 0.3) is 0 Å². The van der Waals surface area contributed by atoms with Crippen LogP contribution >= 0.6 is 0 Å². The molecular weight excluding hydrogens is 261 g/mol. The number of phenols is 1. The molecule has 0 aliphatic rings. The molecular formula is C13H11F3O3. The Hall–Kier alpha value is -2.24. The highest BCUT2D eigenvalue weighted by atomic mass is 19.4. The lowest BCUT2D eigenvalue weighted by atomic mass is 10.1. The molecule has 0 fully saturated rings. The van der Waals surface area contributed by atoms with Gasteiger partial charge < -0.3 is 10.2 Å². The first-order valence-corrected chi connectivity index (χ1v) is 4.95. The fourth-order valence-corrected chi connectivity index (χ4v) is 1.27. The van der Waals surface area contributed by atoms with E-state index in [1.807, 2.05) is 0 Å². The maximum absolute atomic E-state index is 10.6. The summed E-state index contributed by atoms with van der Waals surface area (Å²) < 4.78 is 53.9. The molecule has 0 aliphatic heterocycles. The second kappa shape index (κ2) is 5.60. The SMILES string of the molecule is O=C(O)C(F)(F)F.[2H]C([2H])([2H])c1cccc2cc(O)ccc12. The molecule has 0 saturated carbocycles. The summed E-state index contributed by atoms with van der Waals surface area (Å²) in [6, 6.07) is 9.74. The van der Waals surface area contributed by atoms with E-state index in [1.54, 1.807) is 30.3 Å². The van der Waals surface area contributed by atoms with Crippen LogP contribution in [0.1, 0.15) is 9.68 Å². The van der Waals surface area contributed by atoms with Crippen LogP contribution in [-0.2, 0) is 4.79 Å². The average Bonchev–Trinajstić information content (AvgIpc) is 2.36. The van der Waals surface area contributed by atoms with Crippen LogP contribution in [0, 0.1) is 6.85 Å². The molecule has 0 spiro atoms. The van der Waals surface area contributed by atoms with Gasteiger partial charge in [-0.2, -0.15) is 13.2 Å². The van der Waals surface area contributed by atoms with Crippen LogP contribution < -0.4 is 0 Å². The highest BCUT2D eigenvalue weighted by molar-refractivity contribution is 5.86. The fraction of sp³-hybridized carbons (Fsp3) is 0.154. The number of aromatic hydroxyl groups is 1. The van der Waals surface area contributed by atoms with Crippen molar-refractivity contribution in [2.24, 2.45) is 0 Å². The molecule has 0 bridgehead atoms. The molecule has 0 unspecified atom stereocenters. The highest BCUT2D eigenvalue weighted by Gasteiger charge is 2.38. The van der Waals surface area contributed by atoms with Crippen molar-refractivity contribution in [3.05, 3.63) is 42.0 Å². The number of rotatable bonds is 0. The third-order valence-electron chi connectivity index (χ3n) is 2.11. The molecule has 0 amide bonds. The molecule has 0 heterocycles. The number of aryl methyl sites for hydroxylation is 1. The molecule has 0 saturated heterocycles. The van der Waals surface area contributed by atoms with Crippen molar-refractivity contribution in [2.45, 2.75) is 13.0 Å². The van der Waals surface area contributed by atoms with Crippen molar-refractivity contribution in [2.75, 3.05) is 0 Å². The Morgan fingerprint density at radius 3 is 2.42 bits per heavy atom. The lowest BCUT2D eigenvalue weighted by Gasteiger charge is -2.01. The van der Waals surface area contributed by atoms with Crippen LogP contribution in [0.5, 0.6) is 5.75 Å². The van der Waals surface area contributed by atoms with Crippen LogP contribution in [0.2, 0.25) is 0 Å². The number of halogens is 3. The van der Waals surface area contributed by atoms with Crippen molar-refractivity contribution in [1.29, 1.82) is 0 Å². The lowest BCUT2D eigenvalue weighted by Crippen LogP contribution is -2.21. The number of carboxylic acid groups (broad SMARTS) is 1.